The summed E-state index contributed by atoms with van der Waals surface area (Å²) in [7, 11) is 0. The number of nitrogens with zero attached hydrogens (tertiary/aromatic N) is 1. The summed E-state index contributed by atoms with van der Waals surface area (Å²) in [5, 5.41) is 6.97. The number of rotatable bonds is 9. The summed E-state index contributed by atoms with van der Waals surface area (Å²) >= 11 is 1.77. The molecule has 1 heterocycles. The van der Waals surface area contributed by atoms with Gasteiger partial charge in [-0.2, -0.15) is 0 Å². The first-order valence-corrected chi connectivity index (χ1v) is 8.09. The Morgan fingerprint density at radius 1 is 1.28 bits per heavy atom. The van der Waals surface area contributed by atoms with Crippen molar-refractivity contribution in [2.24, 2.45) is 5.41 Å². The molecule has 104 valence electrons. The molecule has 1 aromatic heterocycles. The Morgan fingerprint density at radius 2 is 2.06 bits per heavy atom. The van der Waals surface area contributed by atoms with E-state index in [1.165, 1.54) is 36.4 Å². The third-order valence-electron chi connectivity index (χ3n) is 3.27. The second-order valence-electron chi connectivity index (χ2n) is 5.81. The summed E-state index contributed by atoms with van der Waals surface area (Å²) in [6.45, 7) is 11.1. The van der Waals surface area contributed by atoms with Crippen LogP contribution in [0.1, 0.15) is 64.1 Å². The van der Waals surface area contributed by atoms with Crippen LogP contribution in [0.5, 0.6) is 0 Å². The second kappa shape index (κ2) is 7.90. The van der Waals surface area contributed by atoms with Gasteiger partial charge in [0.2, 0.25) is 0 Å². The Morgan fingerprint density at radius 3 is 2.67 bits per heavy atom. The van der Waals surface area contributed by atoms with Crippen LogP contribution in [-0.2, 0) is 13.0 Å². The highest BCUT2D eigenvalue weighted by atomic mass is 32.1. The lowest BCUT2D eigenvalue weighted by molar-refractivity contribution is 0.301. The van der Waals surface area contributed by atoms with Gasteiger partial charge in [0.05, 0.1) is 10.7 Å². The Labute approximate surface area is 116 Å². The Bertz CT molecular complexity index is 331. The minimum Gasteiger partial charge on any atom is -0.311 e. The average molecular weight is 268 g/mol. The molecule has 0 radical (unpaired) electrons. The molecule has 0 amide bonds. The molecule has 0 fully saturated rings. The molecule has 0 bridgehead atoms. The molecule has 0 unspecified atom stereocenters. The standard InChI is InChI=1S/C15H28N2S/c1-5-7-8-9-15(3,4)12-16-10-13-11-18-14(6-2)17-13/h11,16H,5-10,12H2,1-4H3. The van der Waals surface area contributed by atoms with Crippen molar-refractivity contribution in [2.45, 2.75) is 66.3 Å². The molecule has 3 heteroatoms. The maximum absolute atomic E-state index is 4.58. The van der Waals surface area contributed by atoms with Gasteiger partial charge in [-0.15, -0.1) is 11.3 Å². The highest BCUT2D eigenvalue weighted by molar-refractivity contribution is 7.09. The summed E-state index contributed by atoms with van der Waals surface area (Å²) in [5.41, 5.74) is 1.60. The van der Waals surface area contributed by atoms with E-state index < -0.39 is 0 Å². The van der Waals surface area contributed by atoms with E-state index >= 15 is 0 Å². The minimum absolute atomic E-state index is 0.402. The van der Waals surface area contributed by atoms with E-state index in [-0.39, 0.29) is 0 Å². The molecular weight excluding hydrogens is 240 g/mol. The average Bonchev–Trinajstić information content (AvgIpc) is 2.77. The molecule has 18 heavy (non-hydrogen) atoms. The smallest absolute Gasteiger partial charge is 0.0926 e. The van der Waals surface area contributed by atoms with Gasteiger partial charge < -0.3 is 5.32 Å². The van der Waals surface area contributed by atoms with Crippen LogP contribution < -0.4 is 5.32 Å². The van der Waals surface area contributed by atoms with Gasteiger partial charge in [0.1, 0.15) is 0 Å². The fraction of sp³-hybridized carbons (Fsp3) is 0.800. The first-order chi connectivity index (χ1) is 8.57. The largest absolute Gasteiger partial charge is 0.311 e. The number of thiazole rings is 1. The molecule has 0 saturated carbocycles. The summed E-state index contributed by atoms with van der Waals surface area (Å²) in [6, 6.07) is 0. The molecule has 0 aliphatic rings. The maximum atomic E-state index is 4.58. The highest BCUT2D eigenvalue weighted by Gasteiger charge is 2.16. The normalized spacial score (nSPS) is 12.0. The van der Waals surface area contributed by atoms with Crippen molar-refractivity contribution < 1.29 is 0 Å². The number of nitrogens with one attached hydrogen (secondary N) is 1. The van der Waals surface area contributed by atoms with E-state index in [9.17, 15) is 0 Å². The van der Waals surface area contributed by atoms with Crippen LogP contribution in [0.3, 0.4) is 0 Å². The number of aryl methyl sites for hydroxylation is 1. The lowest BCUT2D eigenvalue weighted by atomic mass is 9.87. The molecule has 0 spiro atoms. The highest BCUT2D eigenvalue weighted by Crippen LogP contribution is 2.22. The van der Waals surface area contributed by atoms with E-state index in [0.29, 0.717) is 5.41 Å². The predicted octanol–water partition coefficient (Wildman–Crippen LogP) is 4.40. The minimum atomic E-state index is 0.402. The van der Waals surface area contributed by atoms with Crippen molar-refractivity contribution in [1.29, 1.82) is 0 Å². The first kappa shape index (κ1) is 15.6. The quantitative estimate of drug-likeness (QED) is 0.671. The molecular formula is C15H28N2S. The number of aromatic nitrogens is 1. The zero-order valence-electron chi connectivity index (χ0n) is 12.4. The zero-order chi connectivity index (χ0) is 13.4. The SMILES string of the molecule is CCCCCC(C)(C)CNCc1csc(CC)n1. The fourth-order valence-electron chi connectivity index (χ4n) is 2.06. The van der Waals surface area contributed by atoms with E-state index in [2.05, 4.69) is 43.4 Å². The summed E-state index contributed by atoms with van der Waals surface area (Å²) in [5.74, 6) is 0. The fourth-order valence-corrected chi connectivity index (χ4v) is 2.81. The maximum Gasteiger partial charge on any atom is 0.0926 e. The number of hydrogen-bond acceptors (Lipinski definition) is 3. The summed E-state index contributed by atoms with van der Waals surface area (Å²) in [4.78, 5) is 4.58. The van der Waals surface area contributed by atoms with Gasteiger partial charge in [-0.25, -0.2) is 4.98 Å². The van der Waals surface area contributed by atoms with Crippen molar-refractivity contribution in [1.82, 2.24) is 10.3 Å². The first-order valence-electron chi connectivity index (χ1n) is 7.21. The molecule has 2 nitrogen and oxygen atoms in total. The van der Waals surface area contributed by atoms with E-state index in [1.54, 1.807) is 11.3 Å². The van der Waals surface area contributed by atoms with Crippen molar-refractivity contribution in [3.63, 3.8) is 0 Å². The van der Waals surface area contributed by atoms with Gasteiger partial charge in [0, 0.05) is 18.5 Å². The van der Waals surface area contributed by atoms with Gasteiger partial charge in [-0.1, -0.05) is 47.0 Å². The van der Waals surface area contributed by atoms with Gasteiger partial charge in [0.25, 0.3) is 0 Å². The van der Waals surface area contributed by atoms with Crippen LogP contribution in [0.2, 0.25) is 0 Å². The lowest BCUT2D eigenvalue weighted by Crippen LogP contribution is -2.29. The van der Waals surface area contributed by atoms with Crippen LogP contribution in [0.25, 0.3) is 0 Å². The van der Waals surface area contributed by atoms with Crippen molar-refractivity contribution in [3.05, 3.63) is 16.1 Å². The van der Waals surface area contributed by atoms with Gasteiger partial charge in [-0.05, 0) is 18.3 Å². The van der Waals surface area contributed by atoms with Crippen LogP contribution in [0.4, 0.5) is 0 Å². The number of hydrogen-bond donors (Lipinski definition) is 1. The molecule has 0 atom stereocenters. The van der Waals surface area contributed by atoms with Crippen molar-refractivity contribution >= 4 is 11.3 Å². The van der Waals surface area contributed by atoms with Crippen LogP contribution >= 0.6 is 11.3 Å². The third kappa shape index (κ3) is 5.96. The molecule has 1 aromatic rings. The van der Waals surface area contributed by atoms with Crippen LogP contribution in [-0.4, -0.2) is 11.5 Å². The van der Waals surface area contributed by atoms with E-state index in [0.717, 1.165) is 19.5 Å². The molecule has 0 aromatic carbocycles. The zero-order valence-corrected chi connectivity index (χ0v) is 13.2. The molecule has 0 aliphatic carbocycles. The van der Waals surface area contributed by atoms with Crippen LogP contribution in [0, 0.1) is 5.41 Å². The molecule has 0 aliphatic heterocycles. The second-order valence-corrected chi connectivity index (χ2v) is 6.75. The predicted molar refractivity (Wildman–Crippen MR) is 81.1 cm³/mol. The monoisotopic (exact) mass is 268 g/mol. The summed E-state index contributed by atoms with van der Waals surface area (Å²) in [6.07, 6.45) is 6.37. The van der Waals surface area contributed by atoms with Gasteiger partial charge in [0.15, 0.2) is 0 Å². The van der Waals surface area contributed by atoms with Crippen molar-refractivity contribution in [3.8, 4) is 0 Å². The lowest BCUT2D eigenvalue weighted by Gasteiger charge is -2.24. The van der Waals surface area contributed by atoms with Crippen molar-refractivity contribution in [2.75, 3.05) is 6.54 Å². The van der Waals surface area contributed by atoms with E-state index in [4.69, 9.17) is 0 Å². The Hall–Kier alpha value is -0.410. The molecule has 0 saturated heterocycles. The Balaban J connectivity index is 2.23. The molecule has 1 rings (SSSR count). The van der Waals surface area contributed by atoms with E-state index in [1.807, 2.05) is 0 Å². The Kier molecular flexibility index (Phi) is 6.87. The van der Waals surface area contributed by atoms with Crippen LogP contribution in [0.15, 0.2) is 5.38 Å². The number of unbranched alkanes of at least 4 members (excludes halogenated alkanes) is 2. The van der Waals surface area contributed by atoms with Gasteiger partial charge in [-0.3, -0.25) is 0 Å². The van der Waals surface area contributed by atoms with Gasteiger partial charge >= 0.3 is 0 Å². The summed E-state index contributed by atoms with van der Waals surface area (Å²) < 4.78 is 0. The topological polar surface area (TPSA) is 24.9 Å². The molecule has 1 N–H and O–H groups in total. The third-order valence-corrected chi connectivity index (χ3v) is 4.31.